The summed E-state index contributed by atoms with van der Waals surface area (Å²) in [6, 6.07) is 38.8. The molecule has 2 aliphatic rings. The van der Waals surface area contributed by atoms with Crippen molar-refractivity contribution in [1.29, 1.82) is 0 Å². The van der Waals surface area contributed by atoms with E-state index in [9.17, 15) is 0 Å². The largest absolute Gasteiger partial charge is 0.313 e. The molecule has 0 spiro atoms. The Balaban J connectivity index is 1.19. The van der Waals surface area contributed by atoms with Crippen molar-refractivity contribution in [2.45, 2.75) is 32.6 Å². The highest BCUT2D eigenvalue weighted by Crippen LogP contribution is 2.45. The molecule has 3 heteroatoms. The van der Waals surface area contributed by atoms with Crippen LogP contribution < -0.4 is 0 Å². The minimum Gasteiger partial charge on any atom is -0.313 e. The predicted octanol–water partition coefficient (Wildman–Crippen LogP) is 12.7. The van der Waals surface area contributed by atoms with Crippen molar-refractivity contribution in [3.63, 3.8) is 0 Å². The maximum absolute atomic E-state index is 2.53. The summed E-state index contributed by atoms with van der Waals surface area (Å²) in [4.78, 5) is 0. The lowest BCUT2D eigenvalue weighted by Gasteiger charge is -2.20. The molecule has 0 fully saturated rings. The molecule has 2 aliphatic carbocycles. The minimum atomic E-state index is 0.455. The normalized spacial score (nSPS) is 17.8. The Bertz CT molecular complexity index is 2670. The van der Waals surface area contributed by atoms with Gasteiger partial charge in [0.15, 0.2) is 0 Å². The van der Waals surface area contributed by atoms with Crippen molar-refractivity contribution in [2.24, 2.45) is 5.92 Å². The quantitative estimate of drug-likeness (QED) is 0.186. The molecular weight excluding hydrogens is 589 g/mol. The first-order valence-corrected chi connectivity index (χ1v) is 17.6. The average molecular weight is 623 g/mol. The Labute approximate surface area is 278 Å². The molecule has 0 aliphatic heterocycles. The molecule has 2 unspecified atom stereocenters. The zero-order valence-corrected chi connectivity index (χ0v) is 27.4. The maximum Gasteiger partial charge on any atom is 0.0640 e. The van der Waals surface area contributed by atoms with E-state index in [2.05, 4.69) is 156 Å². The van der Waals surface area contributed by atoms with Crippen LogP contribution in [0.2, 0.25) is 0 Å². The molecule has 47 heavy (non-hydrogen) atoms. The number of para-hydroxylation sites is 1. The van der Waals surface area contributed by atoms with E-state index in [1.165, 1.54) is 86.6 Å². The van der Waals surface area contributed by atoms with Crippen LogP contribution >= 0.6 is 11.3 Å². The molecule has 2 atom stereocenters. The summed E-state index contributed by atoms with van der Waals surface area (Å²) >= 11 is 1.91. The Kier molecular flexibility index (Phi) is 5.86. The third kappa shape index (κ3) is 3.90. The second-order valence-electron chi connectivity index (χ2n) is 13.4. The zero-order chi connectivity index (χ0) is 31.2. The number of hydrogen-bond donors (Lipinski definition) is 0. The van der Waals surface area contributed by atoms with E-state index in [1.54, 1.807) is 0 Å². The maximum atomic E-state index is 2.53. The number of nitrogens with zero attached hydrogens (tertiary/aromatic N) is 2. The fourth-order valence-electron chi connectivity index (χ4n) is 8.33. The zero-order valence-electron chi connectivity index (χ0n) is 26.6. The van der Waals surface area contributed by atoms with E-state index in [0.29, 0.717) is 11.8 Å². The van der Waals surface area contributed by atoms with Gasteiger partial charge in [0.05, 0.1) is 32.6 Å². The molecule has 0 saturated carbocycles. The second-order valence-corrected chi connectivity index (χ2v) is 14.5. The summed E-state index contributed by atoms with van der Waals surface area (Å²) in [5.74, 6) is 0.932. The van der Waals surface area contributed by atoms with E-state index in [1.807, 2.05) is 11.3 Å². The van der Waals surface area contributed by atoms with Crippen molar-refractivity contribution in [3.05, 3.63) is 139 Å². The van der Waals surface area contributed by atoms with Gasteiger partial charge in [-0.2, -0.15) is 0 Å². The van der Waals surface area contributed by atoms with Crippen LogP contribution in [0, 0.1) is 5.92 Å². The standard InChI is InChI=1S/C44H34N2S/c1-27-11-3-6-16-36(27)45-37-17-7-4-13-31(37)34-25-29(21-23-38(34)45)30-22-24-39-35(26-30)43-28(2)12-9-18-40(43)46(39)41-19-10-15-33-32-14-5-8-20-42(32)47-44(33)41/h3-10,13-28H,11-12H2,1-2H3. The van der Waals surface area contributed by atoms with Crippen LogP contribution in [0.4, 0.5) is 0 Å². The number of allylic oxidation sites excluding steroid dienone is 5. The molecule has 0 bridgehead atoms. The Morgan fingerprint density at radius 2 is 1.30 bits per heavy atom. The number of hydrogen-bond acceptors (Lipinski definition) is 1. The summed E-state index contributed by atoms with van der Waals surface area (Å²) in [5, 5.41) is 6.67. The van der Waals surface area contributed by atoms with Gasteiger partial charge in [0, 0.05) is 43.2 Å². The van der Waals surface area contributed by atoms with Gasteiger partial charge in [-0.1, -0.05) is 92.7 Å². The van der Waals surface area contributed by atoms with Crippen LogP contribution in [-0.4, -0.2) is 9.13 Å². The number of rotatable bonds is 3. The molecule has 8 aromatic rings. The smallest absolute Gasteiger partial charge is 0.0640 e. The molecule has 0 saturated heterocycles. The Morgan fingerprint density at radius 3 is 2.15 bits per heavy atom. The van der Waals surface area contributed by atoms with Crippen LogP contribution in [0.25, 0.3) is 81.5 Å². The van der Waals surface area contributed by atoms with Crippen LogP contribution in [-0.2, 0) is 0 Å². The number of aromatic nitrogens is 2. The van der Waals surface area contributed by atoms with Gasteiger partial charge < -0.3 is 9.13 Å². The summed E-state index contributed by atoms with van der Waals surface area (Å²) in [5.41, 5.74) is 11.8. The van der Waals surface area contributed by atoms with Gasteiger partial charge in [-0.05, 0) is 90.1 Å². The molecule has 0 amide bonds. The second kappa shape index (κ2) is 10.2. The molecule has 2 nitrogen and oxygen atoms in total. The first-order valence-electron chi connectivity index (χ1n) is 16.8. The molecule has 0 N–H and O–H groups in total. The summed E-state index contributed by atoms with van der Waals surface area (Å²) in [6.07, 6.45) is 13.6. The summed E-state index contributed by atoms with van der Waals surface area (Å²) < 4.78 is 7.71. The van der Waals surface area contributed by atoms with Gasteiger partial charge in [0.25, 0.3) is 0 Å². The number of thiophene rings is 1. The summed E-state index contributed by atoms with van der Waals surface area (Å²) in [7, 11) is 0. The number of benzene rings is 5. The summed E-state index contributed by atoms with van der Waals surface area (Å²) in [6.45, 7) is 4.72. The minimum absolute atomic E-state index is 0.455. The van der Waals surface area contributed by atoms with Gasteiger partial charge in [-0.15, -0.1) is 11.3 Å². The molecule has 10 rings (SSSR count). The average Bonchev–Trinajstić information content (AvgIpc) is 3.76. The Hall–Kier alpha value is -5.12. The van der Waals surface area contributed by atoms with E-state index < -0.39 is 0 Å². The molecule has 226 valence electrons. The monoisotopic (exact) mass is 622 g/mol. The molecular formula is C44H34N2S. The molecule has 3 heterocycles. The third-order valence-corrected chi connectivity index (χ3v) is 11.8. The number of fused-ring (bicyclic) bond motifs is 9. The fourth-order valence-corrected chi connectivity index (χ4v) is 9.53. The lowest BCUT2D eigenvalue weighted by Crippen LogP contribution is -2.07. The van der Waals surface area contributed by atoms with Crippen molar-refractivity contribution in [2.75, 3.05) is 0 Å². The van der Waals surface area contributed by atoms with E-state index in [4.69, 9.17) is 0 Å². The van der Waals surface area contributed by atoms with Crippen LogP contribution in [0.3, 0.4) is 0 Å². The molecule has 3 aromatic heterocycles. The topological polar surface area (TPSA) is 9.86 Å². The third-order valence-electron chi connectivity index (χ3n) is 10.6. The van der Waals surface area contributed by atoms with Gasteiger partial charge in [-0.25, -0.2) is 0 Å². The van der Waals surface area contributed by atoms with Crippen LogP contribution in [0.15, 0.2) is 127 Å². The van der Waals surface area contributed by atoms with Crippen LogP contribution in [0.5, 0.6) is 0 Å². The van der Waals surface area contributed by atoms with E-state index >= 15 is 0 Å². The SMILES string of the molecule is CC1CC=CC=C1n1c2ccccc2c2cc(-c3ccc4c(c3)c3c(n4-c4cccc5c4sc4ccccc45)C=CCC3C)ccc21. The first kappa shape index (κ1) is 27.0. The van der Waals surface area contributed by atoms with Crippen molar-refractivity contribution >= 4 is 76.0 Å². The fraction of sp³-hybridized carbons (Fsp3) is 0.136. The molecule has 0 radical (unpaired) electrons. The molecule has 5 aromatic carbocycles. The van der Waals surface area contributed by atoms with Crippen molar-refractivity contribution < 1.29 is 0 Å². The van der Waals surface area contributed by atoms with Gasteiger partial charge in [0.1, 0.15) is 0 Å². The van der Waals surface area contributed by atoms with E-state index in [-0.39, 0.29) is 0 Å². The first-order chi connectivity index (χ1) is 23.2. The van der Waals surface area contributed by atoms with Gasteiger partial charge >= 0.3 is 0 Å². The van der Waals surface area contributed by atoms with Gasteiger partial charge in [0.2, 0.25) is 0 Å². The van der Waals surface area contributed by atoms with E-state index in [0.717, 1.165) is 12.8 Å². The van der Waals surface area contributed by atoms with Crippen molar-refractivity contribution in [3.8, 4) is 16.8 Å². The Morgan fingerprint density at radius 1 is 0.596 bits per heavy atom. The van der Waals surface area contributed by atoms with Crippen LogP contribution in [0.1, 0.15) is 43.9 Å². The highest BCUT2D eigenvalue weighted by atomic mass is 32.1. The lowest BCUT2D eigenvalue weighted by molar-refractivity contribution is 0.725. The predicted molar refractivity (Wildman–Crippen MR) is 204 cm³/mol. The highest BCUT2D eigenvalue weighted by Gasteiger charge is 2.25. The van der Waals surface area contributed by atoms with Gasteiger partial charge in [-0.3, -0.25) is 0 Å². The highest BCUT2D eigenvalue weighted by molar-refractivity contribution is 7.26. The van der Waals surface area contributed by atoms with Crippen molar-refractivity contribution in [1.82, 2.24) is 9.13 Å². The lowest BCUT2D eigenvalue weighted by atomic mass is 9.90.